The number of nitrogen functional groups attached to an aromatic ring is 1. The number of aromatic nitrogens is 4. The minimum Gasteiger partial charge on any atom is -0.368 e. The van der Waals surface area contributed by atoms with Gasteiger partial charge in [0.15, 0.2) is 10.8 Å². The fourth-order valence-corrected chi connectivity index (χ4v) is 1.87. The molecule has 6 nitrogen and oxygen atoms in total. The molecule has 0 bridgehead atoms. The Labute approximate surface area is 89.1 Å². The quantitative estimate of drug-likeness (QED) is 0.699. The van der Waals surface area contributed by atoms with Crippen molar-refractivity contribution in [3.63, 3.8) is 0 Å². The van der Waals surface area contributed by atoms with Crippen LogP contribution in [-0.4, -0.2) is 19.5 Å². The number of fused-ring (bicyclic) bond motifs is 1. The van der Waals surface area contributed by atoms with Crippen molar-refractivity contribution in [3.8, 4) is 0 Å². The Morgan fingerprint density at radius 1 is 1.47 bits per heavy atom. The molecular formula is C8H8ClN5O. The van der Waals surface area contributed by atoms with Gasteiger partial charge in [-0.1, -0.05) is 11.6 Å². The summed E-state index contributed by atoms with van der Waals surface area (Å²) in [5.41, 5.74) is 6.25. The fraction of sp³-hybridized carbons (Fsp3) is 0.375. The number of anilines is 1. The van der Waals surface area contributed by atoms with E-state index in [0.717, 1.165) is 12.8 Å². The van der Waals surface area contributed by atoms with E-state index in [-0.39, 0.29) is 22.8 Å². The molecule has 1 aliphatic rings. The zero-order valence-corrected chi connectivity index (χ0v) is 8.45. The largest absolute Gasteiger partial charge is 0.368 e. The summed E-state index contributed by atoms with van der Waals surface area (Å²) in [7, 11) is 0. The third kappa shape index (κ3) is 1.21. The highest BCUT2D eigenvalue weighted by atomic mass is 35.5. The summed E-state index contributed by atoms with van der Waals surface area (Å²) in [6.07, 6.45) is 1.99. The number of rotatable bonds is 1. The summed E-state index contributed by atoms with van der Waals surface area (Å²) in [5, 5.41) is 0.189. The minimum absolute atomic E-state index is 0.0842. The van der Waals surface area contributed by atoms with E-state index in [1.807, 2.05) is 0 Å². The molecule has 2 heterocycles. The van der Waals surface area contributed by atoms with Gasteiger partial charge in [0.2, 0.25) is 5.95 Å². The van der Waals surface area contributed by atoms with E-state index in [1.165, 1.54) is 0 Å². The maximum atomic E-state index is 11.6. The Balaban J connectivity index is 2.43. The lowest BCUT2D eigenvalue weighted by Crippen LogP contribution is -2.15. The topological polar surface area (TPSA) is 89.6 Å². The second-order valence-electron chi connectivity index (χ2n) is 3.60. The maximum Gasteiger partial charge on any atom is 0.328 e. The minimum atomic E-state index is -0.200. The predicted molar refractivity (Wildman–Crippen MR) is 55.8 cm³/mol. The Morgan fingerprint density at radius 3 is 2.87 bits per heavy atom. The van der Waals surface area contributed by atoms with Crippen molar-refractivity contribution in [1.29, 1.82) is 0 Å². The summed E-state index contributed by atoms with van der Waals surface area (Å²) < 4.78 is 1.60. The molecule has 1 saturated carbocycles. The molecule has 0 atom stereocenters. The van der Waals surface area contributed by atoms with Crippen LogP contribution >= 0.6 is 11.6 Å². The Hall–Kier alpha value is -1.56. The van der Waals surface area contributed by atoms with Crippen LogP contribution in [0.1, 0.15) is 18.9 Å². The van der Waals surface area contributed by atoms with Crippen LogP contribution in [0.2, 0.25) is 5.15 Å². The second kappa shape index (κ2) is 2.73. The van der Waals surface area contributed by atoms with Crippen molar-refractivity contribution in [2.24, 2.45) is 0 Å². The van der Waals surface area contributed by atoms with E-state index in [2.05, 4.69) is 15.0 Å². The molecule has 2 aromatic rings. The van der Waals surface area contributed by atoms with Gasteiger partial charge in [-0.25, -0.2) is 4.79 Å². The zero-order valence-electron chi connectivity index (χ0n) is 7.70. The molecular weight excluding hydrogens is 218 g/mol. The third-order valence-electron chi connectivity index (χ3n) is 2.45. The van der Waals surface area contributed by atoms with Crippen molar-refractivity contribution >= 4 is 28.7 Å². The molecule has 0 saturated heterocycles. The maximum absolute atomic E-state index is 11.6. The molecule has 3 rings (SSSR count). The first kappa shape index (κ1) is 8.72. The molecule has 15 heavy (non-hydrogen) atoms. The molecule has 1 fully saturated rings. The number of nitrogens with zero attached hydrogens (tertiary/aromatic N) is 3. The van der Waals surface area contributed by atoms with Gasteiger partial charge in [-0.15, -0.1) is 0 Å². The standard InChI is InChI=1S/C8H8ClN5O/c9-5-4-6(13-7(10)12-5)14(3-1-2-3)8(15)11-4/h3H,1-2H2,(H,11,15)(H2,10,12,13). The van der Waals surface area contributed by atoms with Crippen molar-refractivity contribution in [3.05, 3.63) is 15.6 Å². The van der Waals surface area contributed by atoms with E-state index in [4.69, 9.17) is 17.3 Å². The van der Waals surface area contributed by atoms with Gasteiger partial charge in [0, 0.05) is 6.04 Å². The molecule has 0 radical (unpaired) electrons. The molecule has 0 aromatic carbocycles. The molecule has 3 N–H and O–H groups in total. The van der Waals surface area contributed by atoms with E-state index in [9.17, 15) is 4.79 Å². The molecule has 1 aliphatic carbocycles. The van der Waals surface area contributed by atoms with Crippen molar-refractivity contribution in [2.45, 2.75) is 18.9 Å². The molecule has 0 amide bonds. The molecule has 0 aliphatic heterocycles. The summed E-state index contributed by atoms with van der Waals surface area (Å²) in [4.78, 5) is 22.1. The number of nitrogens with one attached hydrogen (secondary N) is 1. The Bertz CT molecular complexity index is 597. The van der Waals surface area contributed by atoms with E-state index in [0.29, 0.717) is 11.2 Å². The van der Waals surface area contributed by atoms with Gasteiger partial charge in [-0.05, 0) is 12.8 Å². The van der Waals surface area contributed by atoms with Gasteiger partial charge in [-0.2, -0.15) is 9.97 Å². The van der Waals surface area contributed by atoms with Crippen LogP contribution in [0.4, 0.5) is 5.95 Å². The third-order valence-corrected chi connectivity index (χ3v) is 2.73. The molecule has 2 aromatic heterocycles. The van der Waals surface area contributed by atoms with E-state index < -0.39 is 0 Å². The number of H-pyrrole nitrogens is 1. The van der Waals surface area contributed by atoms with Gasteiger partial charge in [0.25, 0.3) is 0 Å². The average Bonchev–Trinajstić information content (AvgIpc) is 2.91. The van der Waals surface area contributed by atoms with Crippen LogP contribution in [0, 0.1) is 0 Å². The number of nitrogens with two attached hydrogens (primary N) is 1. The van der Waals surface area contributed by atoms with Gasteiger partial charge < -0.3 is 10.7 Å². The number of hydrogen-bond acceptors (Lipinski definition) is 4. The number of imidazole rings is 1. The highest BCUT2D eigenvalue weighted by Gasteiger charge is 2.28. The lowest BCUT2D eigenvalue weighted by Gasteiger charge is -1.99. The van der Waals surface area contributed by atoms with Crippen molar-refractivity contribution in [2.75, 3.05) is 5.73 Å². The normalized spacial score (nSPS) is 16.1. The molecule has 0 spiro atoms. The average molecular weight is 226 g/mol. The highest BCUT2D eigenvalue weighted by molar-refractivity contribution is 6.33. The second-order valence-corrected chi connectivity index (χ2v) is 3.96. The zero-order chi connectivity index (χ0) is 10.6. The summed E-state index contributed by atoms with van der Waals surface area (Å²) in [6, 6.07) is 0.233. The van der Waals surface area contributed by atoms with Crippen molar-refractivity contribution in [1.82, 2.24) is 19.5 Å². The first-order chi connectivity index (χ1) is 7.16. The van der Waals surface area contributed by atoms with Crippen molar-refractivity contribution < 1.29 is 0 Å². The molecule has 7 heteroatoms. The fourth-order valence-electron chi connectivity index (χ4n) is 1.65. The summed E-state index contributed by atoms with van der Waals surface area (Å²) in [6.45, 7) is 0. The van der Waals surface area contributed by atoms with Crippen LogP contribution in [0.3, 0.4) is 0 Å². The lowest BCUT2D eigenvalue weighted by molar-refractivity contribution is 0.726. The first-order valence-corrected chi connectivity index (χ1v) is 4.98. The van der Waals surface area contributed by atoms with Gasteiger partial charge in [0.05, 0.1) is 0 Å². The van der Waals surface area contributed by atoms with Gasteiger partial charge >= 0.3 is 5.69 Å². The highest BCUT2D eigenvalue weighted by Crippen LogP contribution is 2.35. The monoisotopic (exact) mass is 225 g/mol. The van der Waals surface area contributed by atoms with Gasteiger partial charge in [-0.3, -0.25) is 4.57 Å². The predicted octanol–water partition coefficient (Wildman–Crippen LogP) is 0.690. The lowest BCUT2D eigenvalue weighted by atomic mass is 10.5. The van der Waals surface area contributed by atoms with Gasteiger partial charge in [0.1, 0.15) is 5.52 Å². The summed E-state index contributed by atoms with van der Waals surface area (Å²) >= 11 is 5.86. The number of halogens is 1. The Morgan fingerprint density at radius 2 is 2.20 bits per heavy atom. The summed E-state index contributed by atoms with van der Waals surface area (Å²) in [5.74, 6) is 0.0842. The van der Waals surface area contributed by atoms with Crippen LogP contribution in [-0.2, 0) is 0 Å². The van der Waals surface area contributed by atoms with E-state index in [1.54, 1.807) is 4.57 Å². The first-order valence-electron chi connectivity index (χ1n) is 4.60. The van der Waals surface area contributed by atoms with E-state index >= 15 is 0 Å². The van der Waals surface area contributed by atoms with Crippen LogP contribution < -0.4 is 11.4 Å². The molecule has 78 valence electrons. The van der Waals surface area contributed by atoms with Crippen LogP contribution in [0.5, 0.6) is 0 Å². The Kier molecular flexibility index (Phi) is 1.59. The SMILES string of the molecule is Nc1nc(Cl)c2[nH]c(=O)n(C3CC3)c2n1. The van der Waals surface area contributed by atoms with Crippen LogP contribution in [0.25, 0.3) is 11.2 Å². The number of hydrogen-bond donors (Lipinski definition) is 2. The number of aromatic amines is 1. The van der Waals surface area contributed by atoms with Crippen LogP contribution in [0.15, 0.2) is 4.79 Å². The smallest absolute Gasteiger partial charge is 0.328 e. The molecule has 0 unspecified atom stereocenters.